The number of fused-ring (bicyclic) bond motifs is 1. The largest absolute Gasteiger partial charge is 0.329 e. The number of aromatic amines is 1. The fourth-order valence-corrected chi connectivity index (χ4v) is 3.12. The van der Waals surface area contributed by atoms with Crippen molar-refractivity contribution in [2.45, 2.75) is 19.4 Å². The number of nitrogens with zero attached hydrogens (tertiary/aromatic N) is 2. The fraction of sp³-hybridized carbons (Fsp3) is 0.176. The van der Waals surface area contributed by atoms with Crippen molar-refractivity contribution < 1.29 is 0 Å². The minimum atomic E-state index is 0.168. The number of nitrogens with one attached hydrogen (secondary N) is 1. The van der Waals surface area contributed by atoms with E-state index >= 15 is 0 Å². The van der Waals surface area contributed by atoms with Crippen LogP contribution < -0.4 is 0 Å². The second kappa shape index (κ2) is 5.55. The van der Waals surface area contributed by atoms with E-state index in [0.29, 0.717) is 10.3 Å². The van der Waals surface area contributed by atoms with Crippen LogP contribution >= 0.6 is 12.2 Å². The lowest BCUT2D eigenvalue weighted by atomic mass is 10.0. The predicted molar refractivity (Wildman–Crippen MR) is 86.7 cm³/mol. The van der Waals surface area contributed by atoms with Crippen molar-refractivity contribution in [1.82, 2.24) is 9.55 Å². The van der Waals surface area contributed by atoms with Crippen molar-refractivity contribution in [3.8, 4) is 6.07 Å². The first-order valence-corrected chi connectivity index (χ1v) is 7.35. The molecule has 3 nitrogen and oxygen atoms in total. The van der Waals surface area contributed by atoms with E-state index in [1.165, 1.54) is 5.56 Å². The maximum Gasteiger partial charge on any atom is 0.178 e. The highest BCUT2D eigenvalue weighted by molar-refractivity contribution is 7.71. The van der Waals surface area contributed by atoms with Crippen LogP contribution in [0.4, 0.5) is 0 Å². The lowest BCUT2D eigenvalue weighted by Crippen LogP contribution is -2.09. The number of hydrogen-bond acceptors (Lipinski definition) is 2. The van der Waals surface area contributed by atoms with E-state index in [2.05, 4.69) is 34.7 Å². The molecule has 1 heterocycles. The summed E-state index contributed by atoms with van der Waals surface area (Å²) in [6.07, 6.45) is 0.933. The topological polar surface area (TPSA) is 44.5 Å². The summed E-state index contributed by atoms with van der Waals surface area (Å²) in [5, 5.41) is 9.24. The van der Waals surface area contributed by atoms with E-state index in [0.717, 1.165) is 17.5 Å². The van der Waals surface area contributed by atoms with Crippen LogP contribution in [0.5, 0.6) is 0 Å². The molecule has 4 heteroatoms. The predicted octanol–water partition coefficient (Wildman–Crippen LogP) is 4.57. The van der Waals surface area contributed by atoms with Gasteiger partial charge in [0, 0.05) is 0 Å². The highest BCUT2D eigenvalue weighted by Gasteiger charge is 2.16. The zero-order valence-electron chi connectivity index (χ0n) is 11.7. The van der Waals surface area contributed by atoms with E-state index in [1.54, 1.807) is 6.07 Å². The Kier molecular flexibility index (Phi) is 3.59. The third kappa shape index (κ3) is 2.26. The van der Waals surface area contributed by atoms with Gasteiger partial charge in [0.1, 0.15) is 6.07 Å². The number of benzene rings is 2. The van der Waals surface area contributed by atoms with Gasteiger partial charge in [-0.05, 0) is 36.3 Å². The Labute approximate surface area is 128 Å². The maximum absolute atomic E-state index is 9.24. The van der Waals surface area contributed by atoms with Gasteiger partial charge < -0.3 is 9.55 Å². The van der Waals surface area contributed by atoms with E-state index in [1.807, 2.05) is 30.3 Å². The molecule has 3 aromatic rings. The third-order valence-electron chi connectivity index (χ3n) is 3.76. The van der Waals surface area contributed by atoms with E-state index in [9.17, 15) is 5.26 Å². The molecule has 0 fully saturated rings. The number of hydrogen-bond donors (Lipinski definition) is 1. The molecule has 2 aromatic carbocycles. The minimum Gasteiger partial charge on any atom is -0.329 e. The molecule has 1 N–H and O–H groups in total. The molecule has 0 amide bonds. The van der Waals surface area contributed by atoms with Crippen LogP contribution in [0, 0.1) is 16.1 Å². The second-order valence-electron chi connectivity index (χ2n) is 4.95. The Morgan fingerprint density at radius 1 is 1.19 bits per heavy atom. The van der Waals surface area contributed by atoms with Crippen LogP contribution in [0.2, 0.25) is 0 Å². The number of para-hydroxylation sites is 1. The molecule has 0 bridgehead atoms. The van der Waals surface area contributed by atoms with Gasteiger partial charge in [0.15, 0.2) is 4.77 Å². The number of rotatable bonds is 3. The van der Waals surface area contributed by atoms with Gasteiger partial charge in [-0.25, -0.2) is 0 Å². The Morgan fingerprint density at radius 3 is 2.62 bits per heavy atom. The highest BCUT2D eigenvalue weighted by Crippen LogP contribution is 2.28. The van der Waals surface area contributed by atoms with Crippen LogP contribution in [0.3, 0.4) is 0 Å². The molecule has 0 spiro atoms. The summed E-state index contributed by atoms with van der Waals surface area (Å²) >= 11 is 5.50. The lowest BCUT2D eigenvalue weighted by molar-refractivity contribution is 0.575. The van der Waals surface area contributed by atoms with Gasteiger partial charge >= 0.3 is 0 Å². The summed E-state index contributed by atoms with van der Waals surface area (Å²) < 4.78 is 2.77. The van der Waals surface area contributed by atoms with Gasteiger partial charge in [0.25, 0.3) is 0 Å². The van der Waals surface area contributed by atoms with E-state index < -0.39 is 0 Å². The molecular formula is C17H15N3S. The molecule has 0 aliphatic rings. The minimum absolute atomic E-state index is 0.168. The molecule has 21 heavy (non-hydrogen) atoms. The molecule has 0 radical (unpaired) electrons. The molecule has 0 aliphatic heterocycles. The van der Waals surface area contributed by atoms with Crippen molar-refractivity contribution in [1.29, 1.82) is 5.26 Å². The monoisotopic (exact) mass is 293 g/mol. The van der Waals surface area contributed by atoms with Crippen LogP contribution in [-0.4, -0.2) is 9.55 Å². The van der Waals surface area contributed by atoms with Crippen molar-refractivity contribution in [3.05, 3.63) is 64.4 Å². The molecule has 1 atom stereocenters. The SMILES string of the molecule is CCC(c1ccccc1)n1c(=S)[nH]c2c(C#N)cccc21. The summed E-state index contributed by atoms with van der Waals surface area (Å²) in [5.74, 6) is 0. The Morgan fingerprint density at radius 2 is 1.95 bits per heavy atom. The normalized spacial score (nSPS) is 12.2. The zero-order chi connectivity index (χ0) is 14.8. The first kappa shape index (κ1) is 13.6. The van der Waals surface area contributed by atoms with Gasteiger partial charge in [-0.3, -0.25) is 0 Å². The van der Waals surface area contributed by atoms with Crippen LogP contribution in [0.25, 0.3) is 11.0 Å². The summed E-state index contributed by atoms with van der Waals surface area (Å²) in [6.45, 7) is 2.15. The Bertz CT molecular complexity index is 868. The first-order valence-electron chi connectivity index (χ1n) is 6.94. The molecular weight excluding hydrogens is 278 g/mol. The number of aromatic nitrogens is 2. The lowest BCUT2D eigenvalue weighted by Gasteiger charge is -2.18. The smallest absolute Gasteiger partial charge is 0.178 e. The number of nitriles is 1. The molecule has 1 aromatic heterocycles. The van der Waals surface area contributed by atoms with E-state index in [-0.39, 0.29) is 6.04 Å². The molecule has 1 unspecified atom stereocenters. The molecule has 0 aliphatic carbocycles. The van der Waals surface area contributed by atoms with Crippen LogP contribution in [-0.2, 0) is 0 Å². The third-order valence-corrected chi connectivity index (χ3v) is 4.05. The maximum atomic E-state index is 9.24. The Balaban J connectivity index is 2.27. The van der Waals surface area contributed by atoms with Crippen molar-refractivity contribution in [2.24, 2.45) is 0 Å². The van der Waals surface area contributed by atoms with Gasteiger partial charge in [0.05, 0.1) is 22.6 Å². The first-order chi connectivity index (χ1) is 10.3. The summed E-state index contributed by atoms with van der Waals surface area (Å²) in [5.41, 5.74) is 3.65. The van der Waals surface area contributed by atoms with Gasteiger partial charge in [-0.1, -0.05) is 43.3 Å². The molecule has 104 valence electrons. The van der Waals surface area contributed by atoms with Gasteiger partial charge in [-0.2, -0.15) is 5.26 Å². The number of H-pyrrole nitrogens is 1. The zero-order valence-corrected chi connectivity index (χ0v) is 12.5. The van der Waals surface area contributed by atoms with E-state index in [4.69, 9.17) is 12.2 Å². The summed E-state index contributed by atoms with van der Waals surface area (Å²) in [7, 11) is 0. The van der Waals surface area contributed by atoms with Crippen LogP contribution in [0.1, 0.15) is 30.5 Å². The molecule has 0 saturated heterocycles. The van der Waals surface area contributed by atoms with Crippen LogP contribution in [0.15, 0.2) is 48.5 Å². The fourth-order valence-electron chi connectivity index (χ4n) is 2.79. The average molecular weight is 293 g/mol. The summed E-state index contributed by atoms with van der Waals surface area (Å²) in [6, 6.07) is 18.4. The summed E-state index contributed by atoms with van der Waals surface area (Å²) in [4.78, 5) is 3.19. The Hall–Kier alpha value is -2.38. The quantitative estimate of drug-likeness (QED) is 0.719. The van der Waals surface area contributed by atoms with Gasteiger partial charge in [0.2, 0.25) is 0 Å². The highest BCUT2D eigenvalue weighted by atomic mass is 32.1. The molecule has 3 rings (SSSR count). The number of imidazole rings is 1. The second-order valence-corrected chi connectivity index (χ2v) is 5.33. The van der Waals surface area contributed by atoms with Gasteiger partial charge in [-0.15, -0.1) is 0 Å². The molecule has 0 saturated carbocycles. The average Bonchev–Trinajstić information content (AvgIpc) is 2.86. The standard InChI is InChI=1S/C17H15N3S/c1-2-14(12-7-4-3-5-8-12)20-15-10-6-9-13(11-18)16(15)19-17(20)21/h3-10,14H,2H2,1H3,(H,19,21). The van der Waals surface area contributed by atoms with Crippen molar-refractivity contribution in [3.63, 3.8) is 0 Å². The van der Waals surface area contributed by atoms with Crippen molar-refractivity contribution >= 4 is 23.3 Å². The van der Waals surface area contributed by atoms with Crippen molar-refractivity contribution in [2.75, 3.05) is 0 Å².